The first-order valence-electron chi connectivity index (χ1n) is 5.80. The summed E-state index contributed by atoms with van der Waals surface area (Å²) in [4.78, 5) is 7.45. The highest BCUT2D eigenvalue weighted by Gasteiger charge is 2.17. The van der Waals surface area contributed by atoms with Crippen LogP contribution in [0.25, 0.3) is 0 Å². The fourth-order valence-corrected chi connectivity index (χ4v) is 2.03. The lowest BCUT2D eigenvalue weighted by molar-refractivity contribution is 0.577. The number of aromatic amines is 1. The van der Waals surface area contributed by atoms with E-state index in [-0.39, 0.29) is 6.04 Å². The Hall–Kier alpha value is -1.32. The molecular formula is C13H16ClN3. The molecule has 2 N–H and O–H groups in total. The van der Waals surface area contributed by atoms with Gasteiger partial charge in [0, 0.05) is 17.4 Å². The minimum atomic E-state index is 0.0265. The van der Waals surface area contributed by atoms with Gasteiger partial charge in [0.25, 0.3) is 0 Å². The number of rotatable bonds is 5. The second-order valence-electron chi connectivity index (χ2n) is 3.88. The molecule has 3 nitrogen and oxygen atoms in total. The zero-order valence-corrected chi connectivity index (χ0v) is 10.5. The number of nitrogens with one attached hydrogen (secondary N) is 2. The van der Waals surface area contributed by atoms with E-state index in [0.717, 1.165) is 29.4 Å². The van der Waals surface area contributed by atoms with E-state index in [1.807, 2.05) is 30.5 Å². The summed E-state index contributed by atoms with van der Waals surface area (Å²) in [5, 5.41) is 4.21. The minimum Gasteiger partial charge on any atom is -0.347 e. The summed E-state index contributed by atoms with van der Waals surface area (Å²) < 4.78 is 0. The maximum atomic E-state index is 6.23. The summed E-state index contributed by atoms with van der Waals surface area (Å²) in [6, 6.07) is 7.88. The smallest absolute Gasteiger partial charge is 0.127 e. The number of hydrogen-bond donors (Lipinski definition) is 2. The van der Waals surface area contributed by atoms with E-state index in [0.29, 0.717) is 0 Å². The molecule has 1 heterocycles. The Labute approximate surface area is 106 Å². The molecule has 2 aromatic rings. The standard InChI is InChI=1S/C13H16ClN3/c1-2-7-15-12(13-16-8-9-17-13)10-5-3-4-6-11(10)14/h3-6,8-9,12,15H,2,7H2,1H3,(H,16,17). The fraction of sp³-hybridized carbons (Fsp3) is 0.308. The van der Waals surface area contributed by atoms with Crippen molar-refractivity contribution in [2.24, 2.45) is 0 Å². The Morgan fingerprint density at radius 3 is 2.88 bits per heavy atom. The molecule has 0 saturated heterocycles. The molecule has 17 heavy (non-hydrogen) atoms. The van der Waals surface area contributed by atoms with Crippen LogP contribution in [0, 0.1) is 0 Å². The van der Waals surface area contributed by atoms with Crippen LogP contribution in [0.5, 0.6) is 0 Å². The largest absolute Gasteiger partial charge is 0.347 e. The second kappa shape index (κ2) is 5.84. The van der Waals surface area contributed by atoms with Crippen molar-refractivity contribution in [2.75, 3.05) is 6.54 Å². The molecule has 4 heteroatoms. The average Bonchev–Trinajstić information content (AvgIpc) is 2.85. The summed E-state index contributed by atoms with van der Waals surface area (Å²) >= 11 is 6.23. The Balaban J connectivity index is 2.30. The van der Waals surface area contributed by atoms with E-state index in [9.17, 15) is 0 Å². The summed E-state index contributed by atoms with van der Waals surface area (Å²) in [7, 11) is 0. The molecule has 0 aliphatic rings. The molecule has 1 unspecified atom stereocenters. The van der Waals surface area contributed by atoms with Crippen molar-refractivity contribution in [3.63, 3.8) is 0 Å². The van der Waals surface area contributed by atoms with Crippen LogP contribution < -0.4 is 5.32 Å². The van der Waals surface area contributed by atoms with Gasteiger partial charge in [0.05, 0.1) is 6.04 Å². The van der Waals surface area contributed by atoms with E-state index >= 15 is 0 Å². The molecule has 0 aliphatic heterocycles. The number of imidazole rings is 1. The lowest BCUT2D eigenvalue weighted by Crippen LogP contribution is -2.24. The van der Waals surface area contributed by atoms with Gasteiger partial charge in [-0.3, -0.25) is 0 Å². The number of halogens is 1. The Morgan fingerprint density at radius 1 is 1.41 bits per heavy atom. The quantitative estimate of drug-likeness (QED) is 0.855. The topological polar surface area (TPSA) is 40.7 Å². The summed E-state index contributed by atoms with van der Waals surface area (Å²) in [6.45, 7) is 3.06. The van der Waals surface area contributed by atoms with E-state index in [1.165, 1.54) is 0 Å². The third-order valence-electron chi connectivity index (χ3n) is 2.61. The Bertz CT molecular complexity index is 453. The number of nitrogens with zero attached hydrogens (tertiary/aromatic N) is 1. The first kappa shape index (κ1) is 12.1. The number of benzene rings is 1. The molecule has 0 spiro atoms. The molecule has 0 amide bonds. The molecule has 0 saturated carbocycles. The monoisotopic (exact) mass is 249 g/mol. The molecule has 0 bridgehead atoms. The minimum absolute atomic E-state index is 0.0265. The third kappa shape index (κ3) is 2.87. The van der Waals surface area contributed by atoms with E-state index < -0.39 is 0 Å². The van der Waals surface area contributed by atoms with Crippen LogP contribution in [0.1, 0.15) is 30.8 Å². The van der Waals surface area contributed by atoms with Crippen LogP contribution in [0.3, 0.4) is 0 Å². The summed E-state index contributed by atoms with van der Waals surface area (Å²) in [6.07, 6.45) is 4.65. The molecule has 2 rings (SSSR count). The van der Waals surface area contributed by atoms with Gasteiger partial charge >= 0.3 is 0 Å². The van der Waals surface area contributed by atoms with Crippen molar-refractivity contribution in [1.29, 1.82) is 0 Å². The first-order valence-corrected chi connectivity index (χ1v) is 6.17. The predicted octanol–water partition coefficient (Wildman–Crippen LogP) is 3.15. The molecule has 0 fully saturated rings. The highest BCUT2D eigenvalue weighted by atomic mass is 35.5. The van der Waals surface area contributed by atoms with Gasteiger partial charge in [-0.05, 0) is 24.6 Å². The average molecular weight is 250 g/mol. The van der Waals surface area contributed by atoms with Gasteiger partial charge in [-0.15, -0.1) is 0 Å². The number of H-pyrrole nitrogens is 1. The highest BCUT2D eigenvalue weighted by Crippen LogP contribution is 2.26. The Morgan fingerprint density at radius 2 is 2.24 bits per heavy atom. The van der Waals surface area contributed by atoms with Crippen LogP contribution in [-0.2, 0) is 0 Å². The van der Waals surface area contributed by atoms with Crippen LogP contribution in [0.4, 0.5) is 0 Å². The van der Waals surface area contributed by atoms with Crippen molar-refractivity contribution < 1.29 is 0 Å². The normalized spacial score (nSPS) is 12.6. The van der Waals surface area contributed by atoms with Gasteiger partial charge in [0.2, 0.25) is 0 Å². The fourth-order valence-electron chi connectivity index (χ4n) is 1.79. The Kier molecular flexibility index (Phi) is 4.18. The second-order valence-corrected chi connectivity index (χ2v) is 4.29. The maximum Gasteiger partial charge on any atom is 0.127 e. The van der Waals surface area contributed by atoms with Crippen LogP contribution in [-0.4, -0.2) is 16.5 Å². The molecule has 1 aromatic carbocycles. The predicted molar refractivity (Wildman–Crippen MR) is 70.2 cm³/mol. The molecular weight excluding hydrogens is 234 g/mol. The van der Waals surface area contributed by atoms with Gasteiger partial charge in [-0.1, -0.05) is 36.7 Å². The van der Waals surface area contributed by atoms with Crippen molar-refractivity contribution >= 4 is 11.6 Å². The number of hydrogen-bond acceptors (Lipinski definition) is 2. The molecule has 90 valence electrons. The van der Waals surface area contributed by atoms with Gasteiger partial charge < -0.3 is 10.3 Å². The highest BCUT2D eigenvalue weighted by molar-refractivity contribution is 6.31. The van der Waals surface area contributed by atoms with Gasteiger partial charge in [0.15, 0.2) is 0 Å². The van der Waals surface area contributed by atoms with Crippen molar-refractivity contribution in [3.8, 4) is 0 Å². The SMILES string of the molecule is CCCNC(c1ncc[nH]1)c1ccccc1Cl. The zero-order valence-electron chi connectivity index (χ0n) is 9.78. The molecule has 1 atom stereocenters. The van der Waals surface area contributed by atoms with E-state index in [4.69, 9.17) is 11.6 Å². The van der Waals surface area contributed by atoms with Gasteiger partial charge in [0.1, 0.15) is 5.82 Å². The molecule has 0 aliphatic carbocycles. The van der Waals surface area contributed by atoms with Crippen LogP contribution in [0.2, 0.25) is 5.02 Å². The van der Waals surface area contributed by atoms with Gasteiger partial charge in [-0.2, -0.15) is 0 Å². The first-order chi connectivity index (χ1) is 8.33. The van der Waals surface area contributed by atoms with Crippen molar-refractivity contribution in [1.82, 2.24) is 15.3 Å². The van der Waals surface area contributed by atoms with Crippen LogP contribution >= 0.6 is 11.6 Å². The zero-order chi connectivity index (χ0) is 12.1. The van der Waals surface area contributed by atoms with Crippen LogP contribution in [0.15, 0.2) is 36.7 Å². The summed E-state index contributed by atoms with van der Waals surface area (Å²) in [5.74, 6) is 0.895. The third-order valence-corrected chi connectivity index (χ3v) is 2.95. The molecule has 0 radical (unpaired) electrons. The van der Waals surface area contributed by atoms with Crippen molar-refractivity contribution in [2.45, 2.75) is 19.4 Å². The van der Waals surface area contributed by atoms with Gasteiger partial charge in [-0.25, -0.2) is 4.98 Å². The van der Waals surface area contributed by atoms with Crippen molar-refractivity contribution in [3.05, 3.63) is 53.1 Å². The van der Waals surface area contributed by atoms with E-state index in [2.05, 4.69) is 22.2 Å². The molecule has 1 aromatic heterocycles. The number of aromatic nitrogens is 2. The maximum absolute atomic E-state index is 6.23. The lowest BCUT2D eigenvalue weighted by Gasteiger charge is -2.17. The lowest BCUT2D eigenvalue weighted by atomic mass is 10.1. The van der Waals surface area contributed by atoms with E-state index in [1.54, 1.807) is 6.20 Å². The summed E-state index contributed by atoms with van der Waals surface area (Å²) in [5.41, 5.74) is 1.05.